The maximum Gasteiger partial charge on any atom is 0.274 e. The van der Waals surface area contributed by atoms with Gasteiger partial charge in [0.25, 0.3) is 11.8 Å². The van der Waals surface area contributed by atoms with Gasteiger partial charge in [0.1, 0.15) is 6.26 Å². The second kappa shape index (κ2) is 6.09. The van der Waals surface area contributed by atoms with Crippen molar-refractivity contribution in [2.24, 2.45) is 5.92 Å². The fourth-order valence-corrected chi connectivity index (χ4v) is 4.34. The topological polar surface area (TPSA) is 78.7 Å². The van der Waals surface area contributed by atoms with Crippen molar-refractivity contribution < 1.29 is 14.0 Å². The molecule has 7 heteroatoms. The van der Waals surface area contributed by atoms with E-state index in [4.69, 9.17) is 4.42 Å². The largest absolute Gasteiger partial charge is 0.461 e. The van der Waals surface area contributed by atoms with Crippen LogP contribution >= 0.6 is 0 Å². The first-order chi connectivity index (χ1) is 12.7. The van der Waals surface area contributed by atoms with Crippen LogP contribution in [0, 0.1) is 5.92 Å². The summed E-state index contributed by atoms with van der Waals surface area (Å²) in [6, 6.07) is 1.91. The molecule has 6 heterocycles. The maximum absolute atomic E-state index is 12.8. The monoisotopic (exact) mass is 354 g/mol. The second-order valence-electron chi connectivity index (χ2n) is 7.55. The molecule has 4 fully saturated rings. The molecule has 2 aromatic heterocycles. The molecule has 0 saturated carbocycles. The van der Waals surface area contributed by atoms with E-state index in [2.05, 4.69) is 15.2 Å². The number of aromatic nitrogens is 1. The summed E-state index contributed by atoms with van der Waals surface area (Å²) in [6.07, 6.45) is 6.35. The summed E-state index contributed by atoms with van der Waals surface area (Å²) < 4.78 is 5.61. The lowest BCUT2D eigenvalue weighted by atomic mass is 9.84. The van der Waals surface area contributed by atoms with Gasteiger partial charge in [-0.2, -0.15) is 0 Å². The number of nitrogens with one attached hydrogen (secondary N) is 1. The number of rotatable bonds is 3. The van der Waals surface area contributed by atoms with Gasteiger partial charge >= 0.3 is 0 Å². The number of likely N-dealkylation sites (tertiary alicyclic amines) is 1. The number of fused-ring (bicyclic) bond motifs is 4. The highest BCUT2D eigenvalue weighted by Gasteiger charge is 2.35. The number of nitrogens with zero attached hydrogens (tertiary/aromatic N) is 3. The Hall–Kier alpha value is -2.41. The van der Waals surface area contributed by atoms with Crippen LogP contribution in [0.15, 0.2) is 22.9 Å². The van der Waals surface area contributed by atoms with Crippen LogP contribution in [-0.2, 0) is 0 Å². The molecular weight excluding hydrogens is 332 g/mol. The second-order valence-corrected chi connectivity index (χ2v) is 7.55. The first kappa shape index (κ1) is 15.8. The lowest BCUT2D eigenvalue weighted by Gasteiger charge is -2.44. The van der Waals surface area contributed by atoms with Crippen LogP contribution in [0.3, 0.4) is 0 Å². The molecule has 1 atom stereocenters. The van der Waals surface area contributed by atoms with Crippen LogP contribution in [0.4, 0.5) is 0 Å². The van der Waals surface area contributed by atoms with Crippen molar-refractivity contribution in [3.63, 3.8) is 0 Å². The SMILES string of the molecule is O=C(N[C@H]1CN2CCC1CC2)c1nccc2c(C(=O)N3CCC3)coc12. The molecule has 2 amide bonds. The minimum Gasteiger partial charge on any atom is -0.461 e. The van der Waals surface area contributed by atoms with Gasteiger partial charge < -0.3 is 19.5 Å². The molecule has 0 aliphatic carbocycles. The van der Waals surface area contributed by atoms with Gasteiger partial charge in [-0.1, -0.05) is 0 Å². The predicted molar refractivity (Wildman–Crippen MR) is 94.9 cm³/mol. The molecular formula is C19H22N4O3. The Labute approximate surface area is 151 Å². The molecule has 26 heavy (non-hydrogen) atoms. The molecule has 4 saturated heterocycles. The van der Waals surface area contributed by atoms with E-state index in [-0.39, 0.29) is 23.6 Å². The van der Waals surface area contributed by atoms with Crippen molar-refractivity contribution in [1.29, 1.82) is 0 Å². The van der Waals surface area contributed by atoms with Crippen LogP contribution in [0.2, 0.25) is 0 Å². The zero-order valence-electron chi connectivity index (χ0n) is 14.6. The van der Waals surface area contributed by atoms with Crippen LogP contribution in [0.25, 0.3) is 11.0 Å². The number of hydrogen-bond donors (Lipinski definition) is 1. The maximum atomic E-state index is 12.8. The van der Waals surface area contributed by atoms with Crippen molar-refractivity contribution in [2.45, 2.75) is 25.3 Å². The Bertz CT molecular complexity index is 865. The average Bonchev–Trinajstić information content (AvgIpc) is 3.05. The zero-order chi connectivity index (χ0) is 17.7. The van der Waals surface area contributed by atoms with E-state index in [1.807, 2.05) is 0 Å². The summed E-state index contributed by atoms with van der Waals surface area (Å²) in [4.78, 5) is 33.8. The van der Waals surface area contributed by atoms with Crippen molar-refractivity contribution in [3.05, 3.63) is 29.8 Å². The number of carbonyl (C=O) groups excluding carboxylic acids is 2. The van der Waals surface area contributed by atoms with Gasteiger partial charge in [-0.05, 0) is 44.3 Å². The minimum absolute atomic E-state index is 0.0371. The van der Waals surface area contributed by atoms with E-state index in [1.165, 1.54) is 6.26 Å². The number of piperidine rings is 3. The number of amides is 2. The van der Waals surface area contributed by atoms with E-state index < -0.39 is 0 Å². The van der Waals surface area contributed by atoms with E-state index in [0.29, 0.717) is 22.5 Å². The summed E-state index contributed by atoms with van der Waals surface area (Å²) in [7, 11) is 0. The fraction of sp³-hybridized carbons (Fsp3) is 0.526. The van der Waals surface area contributed by atoms with Crippen LogP contribution in [0.5, 0.6) is 0 Å². The zero-order valence-corrected chi connectivity index (χ0v) is 14.6. The van der Waals surface area contributed by atoms with Crippen LogP contribution < -0.4 is 5.32 Å². The Balaban J connectivity index is 1.41. The van der Waals surface area contributed by atoms with Gasteiger partial charge in [0.05, 0.1) is 5.56 Å². The highest BCUT2D eigenvalue weighted by molar-refractivity contribution is 6.11. The molecule has 0 aromatic carbocycles. The van der Waals surface area contributed by atoms with Gasteiger partial charge in [0, 0.05) is 37.3 Å². The molecule has 7 nitrogen and oxygen atoms in total. The first-order valence-electron chi connectivity index (χ1n) is 9.39. The predicted octanol–water partition coefficient (Wildman–Crippen LogP) is 1.50. The number of pyridine rings is 1. The van der Waals surface area contributed by atoms with Gasteiger partial charge in [-0.15, -0.1) is 0 Å². The fourth-order valence-electron chi connectivity index (χ4n) is 4.34. The first-order valence-corrected chi connectivity index (χ1v) is 9.39. The number of carbonyl (C=O) groups is 2. The van der Waals surface area contributed by atoms with Gasteiger partial charge in [0.2, 0.25) is 0 Å². The molecule has 0 spiro atoms. The molecule has 2 aromatic rings. The van der Waals surface area contributed by atoms with Crippen molar-refractivity contribution >= 4 is 22.8 Å². The third-order valence-electron chi connectivity index (χ3n) is 6.05. The molecule has 2 bridgehead atoms. The molecule has 4 aliphatic rings. The molecule has 136 valence electrons. The van der Waals surface area contributed by atoms with E-state index >= 15 is 0 Å². The van der Waals surface area contributed by atoms with Crippen molar-refractivity contribution in [3.8, 4) is 0 Å². The van der Waals surface area contributed by atoms with Crippen molar-refractivity contribution in [2.75, 3.05) is 32.7 Å². The Kier molecular flexibility index (Phi) is 3.70. The van der Waals surface area contributed by atoms with E-state index in [1.54, 1.807) is 17.2 Å². The summed E-state index contributed by atoms with van der Waals surface area (Å²) in [6.45, 7) is 4.73. The normalized spacial score (nSPS) is 27.4. The van der Waals surface area contributed by atoms with Crippen LogP contribution in [-0.4, -0.2) is 65.4 Å². The van der Waals surface area contributed by atoms with Gasteiger partial charge in [-0.25, -0.2) is 4.98 Å². The number of furan rings is 1. The van der Waals surface area contributed by atoms with E-state index in [0.717, 1.165) is 52.0 Å². The summed E-state index contributed by atoms with van der Waals surface area (Å²) in [5.74, 6) is 0.292. The number of hydrogen-bond acceptors (Lipinski definition) is 5. The molecule has 6 rings (SSSR count). The Morgan fingerprint density at radius 1 is 1.19 bits per heavy atom. The summed E-state index contributed by atoms with van der Waals surface area (Å²) >= 11 is 0. The minimum atomic E-state index is -0.216. The molecule has 1 N–H and O–H groups in total. The lowest BCUT2D eigenvalue weighted by molar-refractivity contribution is 0.0617. The smallest absolute Gasteiger partial charge is 0.274 e. The highest BCUT2D eigenvalue weighted by Crippen LogP contribution is 2.29. The van der Waals surface area contributed by atoms with Gasteiger partial charge in [-0.3, -0.25) is 9.59 Å². The molecule has 0 radical (unpaired) electrons. The van der Waals surface area contributed by atoms with Crippen molar-refractivity contribution in [1.82, 2.24) is 20.1 Å². The van der Waals surface area contributed by atoms with Gasteiger partial charge in [0.15, 0.2) is 11.3 Å². The molecule has 4 aliphatic heterocycles. The molecule has 0 unspecified atom stereocenters. The van der Waals surface area contributed by atoms with Crippen LogP contribution in [0.1, 0.15) is 40.1 Å². The third kappa shape index (κ3) is 2.49. The Morgan fingerprint density at radius 3 is 2.65 bits per heavy atom. The quantitative estimate of drug-likeness (QED) is 0.904. The highest BCUT2D eigenvalue weighted by atomic mass is 16.3. The Morgan fingerprint density at radius 2 is 2.00 bits per heavy atom. The lowest BCUT2D eigenvalue weighted by Crippen LogP contribution is -2.57. The average molecular weight is 354 g/mol. The standard InChI is InChI=1S/C19H22N4O3/c24-18(21-15-10-22-8-3-12(15)4-9-22)16-17-13(2-5-20-16)14(11-26-17)19(25)23-6-1-7-23/h2,5,11-12,15H,1,3-4,6-10H2,(H,21,24)/t15-/m0/s1. The summed E-state index contributed by atoms with van der Waals surface area (Å²) in [5.41, 5.74) is 1.18. The summed E-state index contributed by atoms with van der Waals surface area (Å²) in [5, 5.41) is 3.81. The van der Waals surface area contributed by atoms with E-state index in [9.17, 15) is 9.59 Å². The third-order valence-corrected chi connectivity index (χ3v) is 6.05.